The van der Waals surface area contributed by atoms with Crippen LogP contribution in [-0.4, -0.2) is 24.9 Å². The highest BCUT2D eigenvalue weighted by Crippen LogP contribution is 2.40. The number of rotatable bonds is 5. The van der Waals surface area contributed by atoms with Crippen LogP contribution in [0.3, 0.4) is 0 Å². The lowest BCUT2D eigenvalue weighted by Crippen LogP contribution is -2.53. The molecule has 1 aromatic carbocycles. The molecule has 0 unspecified atom stereocenters. The molecule has 1 aliphatic rings. The molecule has 2 rings (SSSR count). The maximum Gasteiger partial charge on any atom is 0.240 e. The monoisotopic (exact) mass is 297 g/mol. The molecule has 0 radical (unpaired) electrons. The first-order valence-corrected chi connectivity index (χ1v) is 6.49. The molecule has 0 spiro atoms. The van der Waals surface area contributed by atoms with Crippen molar-refractivity contribution in [1.82, 2.24) is 10.6 Å². The van der Waals surface area contributed by atoms with E-state index in [1.165, 1.54) is 0 Å². The van der Waals surface area contributed by atoms with Gasteiger partial charge in [0.05, 0.1) is 18.6 Å². The summed E-state index contributed by atoms with van der Waals surface area (Å²) in [6.45, 7) is -0.123. The SMILES string of the molecule is Cl.NCC(=O)NCC(=O)NC1(c2ccccc2)CCC1. The summed E-state index contributed by atoms with van der Waals surface area (Å²) in [4.78, 5) is 22.9. The summed E-state index contributed by atoms with van der Waals surface area (Å²) >= 11 is 0. The number of nitrogens with one attached hydrogen (secondary N) is 2. The van der Waals surface area contributed by atoms with Gasteiger partial charge >= 0.3 is 0 Å². The van der Waals surface area contributed by atoms with E-state index in [4.69, 9.17) is 5.73 Å². The van der Waals surface area contributed by atoms with Crippen molar-refractivity contribution >= 4 is 24.2 Å². The van der Waals surface area contributed by atoms with Crippen molar-refractivity contribution in [3.8, 4) is 0 Å². The third-order valence-corrected chi connectivity index (χ3v) is 3.54. The van der Waals surface area contributed by atoms with Crippen molar-refractivity contribution in [3.05, 3.63) is 35.9 Å². The Morgan fingerprint density at radius 2 is 1.80 bits per heavy atom. The summed E-state index contributed by atoms with van der Waals surface area (Å²) < 4.78 is 0. The quantitative estimate of drug-likeness (QED) is 0.747. The molecular weight excluding hydrogens is 278 g/mol. The van der Waals surface area contributed by atoms with E-state index in [-0.39, 0.29) is 42.8 Å². The Labute approximate surface area is 124 Å². The predicted molar refractivity (Wildman–Crippen MR) is 79.4 cm³/mol. The minimum absolute atomic E-state index is 0. The fourth-order valence-electron chi connectivity index (χ4n) is 2.34. The van der Waals surface area contributed by atoms with E-state index in [9.17, 15) is 9.59 Å². The minimum atomic E-state index is -0.322. The number of halogens is 1. The summed E-state index contributed by atoms with van der Waals surface area (Å²) in [6.07, 6.45) is 2.98. The van der Waals surface area contributed by atoms with Crippen LogP contribution in [0.5, 0.6) is 0 Å². The molecule has 5 nitrogen and oxygen atoms in total. The van der Waals surface area contributed by atoms with E-state index in [1.807, 2.05) is 30.3 Å². The number of hydrogen-bond donors (Lipinski definition) is 3. The topological polar surface area (TPSA) is 84.2 Å². The Morgan fingerprint density at radius 1 is 1.15 bits per heavy atom. The van der Waals surface area contributed by atoms with Crippen LogP contribution in [0.25, 0.3) is 0 Å². The third-order valence-electron chi connectivity index (χ3n) is 3.54. The van der Waals surface area contributed by atoms with Crippen molar-refractivity contribution in [2.75, 3.05) is 13.1 Å². The van der Waals surface area contributed by atoms with E-state index < -0.39 is 0 Å². The molecule has 1 aliphatic carbocycles. The standard InChI is InChI=1S/C14H19N3O2.ClH/c15-9-12(18)16-10-13(19)17-14(7-4-8-14)11-5-2-1-3-6-11;/h1-3,5-6H,4,7-10,15H2,(H,16,18)(H,17,19);1H. The van der Waals surface area contributed by atoms with Gasteiger partial charge in [-0.25, -0.2) is 0 Å². The second kappa shape index (κ2) is 7.26. The molecule has 0 aromatic heterocycles. The van der Waals surface area contributed by atoms with Gasteiger partial charge < -0.3 is 16.4 Å². The van der Waals surface area contributed by atoms with Crippen LogP contribution in [0, 0.1) is 0 Å². The molecule has 1 fully saturated rings. The Hall–Kier alpha value is -1.59. The molecule has 0 aliphatic heterocycles. The summed E-state index contributed by atoms with van der Waals surface area (Å²) in [5.41, 5.74) is 6.04. The van der Waals surface area contributed by atoms with Gasteiger partial charge in [0.2, 0.25) is 11.8 Å². The van der Waals surface area contributed by atoms with Crippen molar-refractivity contribution in [1.29, 1.82) is 0 Å². The zero-order valence-electron chi connectivity index (χ0n) is 11.2. The highest BCUT2D eigenvalue weighted by molar-refractivity contribution is 5.86. The van der Waals surface area contributed by atoms with Crippen LogP contribution in [0.15, 0.2) is 30.3 Å². The molecule has 0 saturated heterocycles. The zero-order chi connectivity index (χ0) is 13.7. The number of benzene rings is 1. The lowest BCUT2D eigenvalue weighted by atomic mass is 9.72. The highest BCUT2D eigenvalue weighted by atomic mass is 35.5. The summed E-state index contributed by atoms with van der Waals surface area (Å²) in [5.74, 6) is -0.497. The molecule has 0 bridgehead atoms. The first-order chi connectivity index (χ1) is 9.16. The fraction of sp³-hybridized carbons (Fsp3) is 0.429. The van der Waals surface area contributed by atoms with Crippen LogP contribution >= 0.6 is 12.4 Å². The van der Waals surface area contributed by atoms with Gasteiger partial charge in [-0.3, -0.25) is 9.59 Å². The van der Waals surface area contributed by atoms with Gasteiger partial charge in [0.25, 0.3) is 0 Å². The molecule has 0 heterocycles. The molecule has 1 aromatic rings. The number of hydrogen-bond acceptors (Lipinski definition) is 3. The molecule has 6 heteroatoms. The second-order valence-electron chi connectivity index (χ2n) is 4.83. The van der Waals surface area contributed by atoms with E-state index in [1.54, 1.807) is 0 Å². The number of carbonyl (C=O) groups excluding carboxylic acids is 2. The minimum Gasteiger partial charge on any atom is -0.346 e. The molecule has 20 heavy (non-hydrogen) atoms. The van der Waals surface area contributed by atoms with Gasteiger partial charge in [0.1, 0.15) is 0 Å². The average molecular weight is 298 g/mol. The second-order valence-corrected chi connectivity index (χ2v) is 4.83. The zero-order valence-corrected chi connectivity index (χ0v) is 12.0. The largest absolute Gasteiger partial charge is 0.346 e. The molecule has 1 saturated carbocycles. The van der Waals surface area contributed by atoms with Crippen LogP contribution in [0.2, 0.25) is 0 Å². The van der Waals surface area contributed by atoms with Crippen molar-refractivity contribution in [3.63, 3.8) is 0 Å². The van der Waals surface area contributed by atoms with Gasteiger partial charge in [-0.2, -0.15) is 0 Å². The Morgan fingerprint density at radius 3 is 2.30 bits per heavy atom. The maximum absolute atomic E-state index is 11.9. The molecule has 2 amide bonds. The lowest BCUT2D eigenvalue weighted by molar-refractivity contribution is -0.127. The summed E-state index contributed by atoms with van der Waals surface area (Å²) in [7, 11) is 0. The molecular formula is C14H20ClN3O2. The van der Waals surface area contributed by atoms with Crippen molar-refractivity contribution in [2.45, 2.75) is 24.8 Å². The summed E-state index contributed by atoms with van der Waals surface area (Å²) in [5, 5.41) is 5.51. The van der Waals surface area contributed by atoms with Crippen LogP contribution in [0.4, 0.5) is 0 Å². The van der Waals surface area contributed by atoms with Crippen LogP contribution < -0.4 is 16.4 Å². The maximum atomic E-state index is 11.9. The highest BCUT2D eigenvalue weighted by Gasteiger charge is 2.39. The Balaban J connectivity index is 0.00000200. The van der Waals surface area contributed by atoms with E-state index in [0.29, 0.717) is 0 Å². The third kappa shape index (κ3) is 3.71. The van der Waals surface area contributed by atoms with E-state index in [0.717, 1.165) is 24.8 Å². The number of nitrogens with two attached hydrogens (primary N) is 1. The van der Waals surface area contributed by atoms with Crippen molar-refractivity contribution in [2.24, 2.45) is 5.73 Å². The number of carbonyl (C=O) groups is 2. The Kier molecular flexibility index (Phi) is 5.98. The molecule has 110 valence electrons. The molecule has 4 N–H and O–H groups in total. The van der Waals surface area contributed by atoms with Gasteiger partial charge in [-0.1, -0.05) is 30.3 Å². The van der Waals surface area contributed by atoms with Crippen LogP contribution in [0.1, 0.15) is 24.8 Å². The fourth-order valence-corrected chi connectivity index (χ4v) is 2.34. The summed E-state index contributed by atoms with van der Waals surface area (Å²) in [6, 6.07) is 9.95. The van der Waals surface area contributed by atoms with Gasteiger partial charge in [0.15, 0.2) is 0 Å². The van der Waals surface area contributed by atoms with Crippen molar-refractivity contribution < 1.29 is 9.59 Å². The van der Waals surface area contributed by atoms with Gasteiger partial charge in [-0.15, -0.1) is 12.4 Å². The first kappa shape index (κ1) is 16.5. The van der Waals surface area contributed by atoms with E-state index >= 15 is 0 Å². The van der Waals surface area contributed by atoms with Crippen LogP contribution in [-0.2, 0) is 15.1 Å². The smallest absolute Gasteiger partial charge is 0.240 e. The lowest BCUT2D eigenvalue weighted by Gasteiger charge is -2.43. The van der Waals surface area contributed by atoms with E-state index in [2.05, 4.69) is 10.6 Å². The average Bonchev–Trinajstić information content (AvgIpc) is 2.41. The van der Waals surface area contributed by atoms with Gasteiger partial charge in [0, 0.05) is 0 Å². The Bertz CT molecular complexity index is 461. The first-order valence-electron chi connectivity index (χ1n) is 6.49. The normalized spacial score (nSPS) is 15.4. The molecule has 0 atom stereocenters. The predicted octanol–water partition coefficient (Wildman–Crippen LogP) is 0.679. The van der Waals surface area contributed by atoms with Gasteiger partial charge in [-0.05, 0) is 24.8 Å². The number of amides is 2.